The van der Waals surface area contributed by atoms with Gasteiger partial charge in [0.1, 0.15) is 13.2 Å². The van der Waals surface area contributed by atoms with Crippen molar-refractivity contribution in [3.8, 4) is 0 Å². The van der Waals surface area contributed by atoms with E-state index in [0.717, 1.165) is 148 Å². The van der Waals surface area contributed by atoms with Crippen molar-refractivity contribution in [2.45, 2.75) is 207 Å². The highest BCUT2D eigenvalue weighted by molar-refractivity contribution is 5.71. The van der Waals surface area contributed by atoms with Crippen molar-refractivity contribution in [1.82, 2.24) is 0 Å². The number of hydrogen-bond acceptors (Lipinski definition) is 6. The normalized spacial score (nSPS) is 13.5. The highest BCUT2D eigenvalue weighted by Gasteiger charge is 2.19. The summed E-state index contributed by atoms with van der Waals surface area (Å²) in [6.45, 7) is 6.16. The SMILES string of the molecule is CC/C=C\C/C=C\C/C=C\C/C=C\C/C=C\C/C=C\CCC(=O)OC[C@H](COC(=O)CCCCCC/C=C\C/C=C\C/C=C\C/C=C\CC)OC(=O)CCCCCC/C=C\C/C=C\C/C=C\C/C=C\CC. The molecule has 0 rings (SSSR count). The van der Waals surface area contributed by atoms with Gasteiger partial charge in [0.2, 0.25) is 0 Å². The molecule has 0 unspecified atom stereocenters. The van der Waals surface area contributed by atoms with E-state index in [-0.39, 0.29) is 44.0 Å². The van der Waals surface area contributed by atoms with E-state index in [0.29, 0.717) is 19.3 Å². The summed E-state index contributed by atoms with van der Waals surface area (Å²) >= 11 is 0. The zero-order chi connectivity index (χ0) is 51.4. The van der Waals surface area contributed by atoms with Crippen LogP contribution in [-0.4, -0.2) is 37.2 Å². The molecule has 0 aliphatic rings. The molecule has 0 aromatic carbocycles. The van der Waals surface area contributed by atoms with Gasteiger partial charge < -0.3 is 14.2 Å². The second-order valence-corrected chi connectivity index (χ2v) is 17.3. The number of ether oxygens (including phenoxy) is 3. The van der Waals surface area contributed by atoms with Crippen molar-refractivity contribution in [3.63, 3.8) is 0 Å². The van der Waals surface area contributed by atoms with Gasteiger partial charge in [-0.1, -0.05) is 217 Å². The molecule has 0 saturated carbocycles. The van der Waals surface area contributed by atoms with Crippen LogP contribution in [0, 0.1) is 0 Å². The molecule has 0 bridgehead atoms. The van der Waals surface area contributed by atoms with Crippen LogP contribution < -0.4 is 0 Å². The lowest BCUT2D eigenvalue weighted by Crippen LogP contribution is -2.30. The smallest absolute Gasteiger partial charge is 0.306 e. The topological polar surface area (TPSA) is 78.9 Å². The number of rotatable bonds is 47. The summed E-state index contributed by atoms with van der Waals surface area (Å²) < 4.78 is 16.7. The predicted octanol–water partition coefficient (Wildman–Crippen LogP) is 18.8. The van der Waals surface area contributed by atoms with Crippen molar-refractivity contribution in [2.24, 2.45) is 0 Å². The van der Waals surface area contributed by atoms with Crippen molar-refractivity contribution in [1.29, 1.82) is 0 Å². The first-order chi connectivity index (χ1) is 35.0. The number of carbonyl (C=O) groups excluding carboxylic acids is 3. The highest BCUT2D eigenvalue weighted by atomic mass is 16.6. The third-order valence-electron chi connectivity index (χ3n) is 10.7. The lowest BCUT2D eigenvalue weighted by molar-refractivity contribution is -0.166. The summed E-state index contributed by atoms with van der Waals surface area (Å²) in [6, 6.07) is 0. The summed E-state index contributed by atoms with van der Waals surface area (Å²) in [5.74, 6) is -1.08. The monoisotopic (exact) mass is 975 g/mol. The van der Waals surface area contributed by atoms with E-state index in [2.05, 4.69) is 179 Å². The van der Waals surface area contributed by atoms with Gasteiger partial charge in [0.25, 0.3) is 0 Å². The molecule has 0 radical (unpaired) electrons. The number of carbonyl (C=O) groups is 3. The van der Waals surface area contributed by atoms with Crippen molar-refractivity contribution < 1.29 is 28.6 Å². The minimum atomic E-state index is -0.842. The molecular weight excluding hydrogens is 877 g/mol. The van der Waals surface area contributed by atoms with Crippen molar-refractivity contribution in [3.05, 3.63) is 170 Å². The Morgan fingerprint density at radius 2 is 0.535 bits per heavy atom. The van der Waals surface area contributed by atoms with Gasteiger partial charge in [0.15, 0.2) is 6.10 Å². The molecular formula is C65H98O6. The Balaban J connectivity index is 4.63. The number of unbranched alkanes of at least 4 members (excludes halogenated alkanes) is 8. The fraction of sp³-hybridized carbons (Fsp3) is 0.523. The molecule has 6 nitrogen and oxygen atoms in total. The third-order valence-corrected chi connectivity index (χ3v) is 10.7. The summed E-state index contributed by atoms with van der Waals surface area (Å²) in [6.07, 6.45) is 84.9. The number of esters is 3. The highest BCUT2D eigenvalue weighted by Crippen LogP contribution is 2.11. The largest absolute Gasteiger partial charge is 0.462 e. The van der Waals surface area contributed by atoms with Gasteiger partial charge in [-0.15, -0.1) is 0 Å². The van der Waals surface area contributed by atoms with Gasteiger partial charge in [-0.2, -0.15) is 0 Å². The maximum absolute atomic E-state index is 12.8. The first-order valence-corrected chi connectivity index (χ1v) is 27.6. The zero-order valence-electron chi connectivity index (χ0n) is 44.9. The number of allylic oxidation sites excluding steroid dienone is 28. The van der Waals surface area contributed by atoms with Crippen LogP contribution in [0.15, 0.2) is 170 Å². The van der Waals surface area contributed by atoms with Crippen LogP contribution in [0.4, 0.5) is 0 Å². The molecule has 0 spiro atoms. The standard InChI is InChI=1S/C65H98O6/c1-4-7-10-13-16-19-22-25-28-31-32-35-37-40-43-46-49-52-55-58-64(67)70-61-62(71-65(68)59-56-53-50-47-44-41-38-34-30-27-24-21-18-15-12-9-6-3)60-69-63(66)57-54-51-48-45-42-39-36-33-29-26-23-20-17-14-11-8-5-2/h7-12,16-21,25-30,32,35-36,38-41,43,49,52,62H,4-6,13-15,22-24,31,33-34,37,42,44-48,50-51,53-61H2,1-3H3/b10-7-,11-8-,12-9-,19-16-,20-17-,21-18-,28-25-,29-26-,30-27-,35-32-,39-36-,41-38-,43-40-,52-49-/t62-/m0/s1. The van der Waals surface area contributed by atoms with Crippen LogP contribution in [0.25, 0.3) is 0 Å². The van der Waals surface area contributed by atoms with E-state index in [4.69, 9.17) is 14.2 Å². The van der Waals surface area contributed by atoms with Crippen molar-refractivity contribution >= 4 is 17.9 Å². The fourth-order valence-electron chi connectivity index (χ4n) is 6.68. The van der Waals surface area contributed by atoms with Gasteiger partial charge in [-0.3, -0.25) is 14.4 Å². The van der Waals surface area contributed by atoms with Gasteiger partial charge in [-0.25, -0.2) is 0 Å². The molecule has 0 fully saturated rings. The molecule has 0 amide bonds. The molecule has 6 heteroatoms. The molecule has 0 aromatic rings. The maximum Gasteiger partial charge on any atom is 0.306 e. The Bertz CT molecular complexity index is 1690. The van der Waals surface area contributed by atoms with E-state index >= 15 is 0 Å². The summed E-state index contributed by atoms with van der Waals surface area (Å²) in [7, 11) is 0. The average Bonchev–Trinajstić information content (AvgIpc) is 3.37. The molecule has 0 aromatic heterocycles. The van der Waals surface area contributed by atoms with Crippen LogP contribution in [0.3, 0.4) is 0 Å². The fourth-order valence-corrected chi connectivity index (χ4v) is 6.68. The molecule has 0 aliphatic heterocycles. The van der Waals surface area contributed by atoms with Crippen LogP contribution in [0.5, 0.6) is 0 Å². The molecule has 394 valence electrons. The summed E-state index contributed by atoms with van der Waals surface area (Å²) in [5, 5.41) is 0. The van der Waals surface area contributed by atoms with Gasteiger partial charge in [0.05, 0.1) is 0 Å². The van der Waals surface area contributed by atoms with Gasteiger partial charge in [-0.05, 0) is 135 Å². The zero-order valence-corrected chi connectivity index (χ0v) is 44.9. The van der Waals surface area contributed by atoms with Gasteiger partial charge in [0, 0.05) is 19.3 Å². The minimum absolute atomic E-state index is 0.133. The summed E-state index contributed by atoms with van der Waals surface area (Å²) in [5.41, 5.74) is 0. The Kier molecular flexibility index (Phi) is 53.1. The first-order valence-electron chi connectivity index (χ1n) is 27.6. The molecule has 0 saturated heterocycles. The molecule has 0 aliphatic carbocycles. The summed E-state index contributed by atoms with van der Waals surface area (Å²) in [4.78, 5) is 38.1. The van der Waals surface area contributed by atoms with Crippen LogP contribution in [-0.2, 0) is 28.6 Å². The minimum Gasteiger partial charge on any atom is -0.462 e. The molecule has 0 heterocycles. The quantitative estimate of drug-likeness (QED) is 0.0262. The van der Waals surface area contributed by atoms with Gasteiger partial charge >= 0.3 is 17.9 Å². The number of hydrogen-bond donors (Lipinski definition) is 0. The van der Waals surface area contributed by atoms with Crippen molar-refractivity contribution in [2.75, 3.05) is 13.2 Å². The molecule has 0 N–H and O–H groups in total. The van der Waals surface area contributed by atoms with Crippen LogP contribution in [0.1, 0.15) is 201 Å². The Morgan fingerprint density at radius 1 is 0.282 bits per heavy atom. The Hall–Kier alpha value is -5.23. The second-order valence-electron chi connectivity index (χ2n) is 17.3. The first kappa shape index (κ1) is 65.8. The Labute approximate surface area is 434 Å². The Morgan fingerprint density at radius 3 is 0.859 bits per heavy atom. The van der Waals surface area contributed by atoms with E-state index in [1.165, 1.54) is 0 Å². The lowest BCUT2D eigenvalue weighted by Gasteiger charge is -2.18. The van der Waals surface area contributed by atoms with E-state index in [1.807, 2.05) is 12.2 Å². The van der Waals surface area contributed by atoms with E-state index in [1.54, 1.807) is 0 Å². The average molecular weight is 975 g/mol. The van der Waals surface area contributed by atoms with Crippen LogP contribution in [0.2, 0.25) is 0 Å². The second kappa shape index (κ2) is 57.3. The third kappa shape index (κ3) is 55.6. The molecule has 1 atom stereocenters. The van der Waals surface area contributed by atoms with E-state index < -0.39 is 6.10 Å². The molecule has 71 heavy (non-hydrogen) atoms. The lowest BCUT2D eigenvalue weighted by atomic mass is 10.1. The maximum atomic E-state index is 12.8. The predicted molar refractivity (Wildman–Crippen MR) is 306 cm³/mol. The van der Waals surface area contributed by atoms with E-state index in [9.17, 15) is 14.4 Å². The van der Waals surface area contributed by atoms with Crippen LogP contribution >= 0.6 is 0 Å².